The lowest BCUT2D eigenvalue weighted by Crippen LogP contribution is -2.54. The maximum Gasteiger partial charge on any atom is 0.262 e. The fourth-order valence-electron chi connectivity index (χ4n) is 7.97. The number of hydrogen-bond donors (Lipinski definition) is 3. The number of halogens is 1. The van der Waals surface area contributed by atoms with Crippen molar-refractivity contribution in [1.29, 1.82) is 0 Å². The van der Waals surface area contributed by atoms with E-state index in [0.29, 0.717) is 47.1 Å². The molecule has 2 saturated heterocycles. The van der Waals surface area contributed by atoms with Crippen LogP contribution in [0, 0.1) is 17.7 Å². The molecule has 15 nitrogen and oxygen atoms in total. The number of piperidine rings is 1. The summed E-state index contributed by atoms with van der Waals surface area (Å²) in [6.07, 6.45) is 3.10. The van der Waals surface area contributed by atoms with Crippen molar-refractivity contribution in [2.45, 2.75) is 44.3 Å². The van der Waals surface area contributed by atoms with Gasteiger partial charge in [-0.1, -0.05) is 24.0 Å². The lowest BCUT2D eigenvalue weighted by molar-refractivity contribution is -0.136. The SMILES string of the molecule is O=C1CCC(N2C(=O)c3ccc(OCCN4CCN(CCCC#Cc5cccc6c5C(=O)N(C(C(=O)Nc5nccs5)c5cc(F)ccc5O)C6)CC4)cc3C2=O)C(=O)N1. The standard InChI is InChI=1S/C43H40FN7O8S/c44-28-8-12-34(52)32(23-28)37(39(55)47-43-45-14-22-60-43)50-25-27-7-4-6-26(36(27)42(50)58)5-2-1-3-15-48-16-18-49(19-17-48)20-21-59-29-9-10-30-31(24-29)41(57)51(40(30)56)33-11-13-35(53)46-38(33)54/h4,6-10,12,14,22-24,33,37,52H,1,3,11,13,15-21,25H2,(H,45,47,55)(H,46,53,54). The summed E-state index contributed by atoms with van der Waals surface area (Å²) in [6, 6.07) is 11.0. The van der Waals surface area contributed by atoms with E-state index in [1.165, 1.54) is 34.6 Å². The number of phenols is 1. The average Bonchev–Trinajstić information content (AvgIpc) is 3.93. The smallest absolute Gasteiger partial charge is 0.262 e. The molecule has 308 valence electrons. The largest absolute Gasteiger partial charge is 0.508 e. The van der Waals surface area contributed by atoms with Gasteiger partial charge in [0.15, 0.2) is 5.13 Å². The van der Waals surface area contributed by atoms with E-state index in [4.69, 9.17) is 4.74 Å². The van der Waals surface area contributed by atoms with Crippen LogP contribution in [0.25, 0.3) is 0 Å². The van der Waals surface area contributed by atoms with Gasteiger partial charge in [0.25, 0.3) is 23.6 Å². The van der Waals surface area contributed by atoms with Crippen molar-refractivity contribution in [1.82, 2.24) is 29.9 Å². The number of nitrogens with zero attached hydrogens (tertiary/aromatic N) is 5. The van der Waals surface area contributed by atoms with E-state index in [9.17, 15) is 38.3 Å². The Hall–Kier alpha value is -6.48. The minimum Gasteiger partial charge on any atom is -0.508 e. The van der Waals surface area contributed by atoms with Crippen LogP contribution in [0.3, 0.4) is 0 Å². The summed E-state index contributed by atoms with van der Waals surface area (Å²) < 4.78 is 20.3. The molecule has 2 fully saturated rings. The van der Waals surface area contributed by atoms with Crippen molar-refractivity contribution in [3.8, 4) is 23.3 Å². The van der Waals surface area contributed by atoms with Crippen LogP contribution in [0.15, 0.2) is 66.2 Å². The highest BCUT2D eigenvalue weighted by molar-refractivity contribution is 7.13. The summed E-state index contributed by atoms with van der Waals surface area (Å²) >= 11 is 1.19. The second-order valence-corrected chi connectivity index (χ2v) is 15.7. The van der Waals surface area contributed by atoms with Crippen molar-refractivity contribution < 1.29 is 43.0 Å². The van der Waals surface area contributed by atoms with Crippen molar-refractivity contribution >= 4 is 51.9 Å². The van der Waals surface area contributed by atoms with Crippen LogP contribution >= 0.6 is 11.3 Å². The molecule has 1 aromatic heterocycles. The summed E-state index contributed by atoms with van der Waals surface area (Å²) in [5, 5.41) is 17.5. The second kappa shape index (κ2) is 17.4. The van der Waals surface area contributed by atoms with Crippen LogP contribution < -0.4 is 15.4 Å². The van der Waals surface area contributed by atoms with E-state index in [0.717, 1.165) is 62.2 Å². The molecule has 3 N–H and O–H groups in total. The van der Waals surface area contributed by atoms with Gasteiger partial charge in [-0.05, 0) is 67.4 Å². The van der Waals surface area contributed by atoms with E-state index < -0.39 is 53.3 Å². The molecule has 0 bridgehead atoms. The number of thiazole rings is 1. The number of amides is 6. The highest BCUT2D eigenvalue weighted by Gasteiger charge is 2.45. The zero-order valence-electron chi connectivity index (χ0n) is 32.3. The lowest BCUT2D eigenvalue weighted by Gasteiger charge is -2.34. The molecule has 6 amide bonds. The highest BCUT2D eigenvalue weighted by atomic mass is 32.1. The quantitative estimate of drug-likeness (QED) is 0.108. The van der Waals surface area contributed by atoms with Gasteiger partial charge in [-0.15, -0.1) is 11.3 Å². The molecular formula is C43H40FN7O8S. The molecular weight excluding hydrogens is 794 g/mol. The molecule has 0 radical (unpaired) electrons. The third-order valence-corrected chi connectivity index (χ3v) is 11.7. The molecule has 8 rings (SSSR count). The second-order valence-electron chi connectivity index (χ2n) is 14.8. The van der Waals surface area contributed by atoms with E-state index in [2.05, 4.69) is 37.3 Å². The number of fused-ring (bicyclic) bond motifs is 2. The number of aromatic nitrogens is 1. The molecule has 0 saturated carbocycles. The molecule has 3 aromatic carbocycles. The van der Waals surface area contributed by atoms with E-state index in [1.54, 1.807) is 23.6 Å². The monoisotopic (exact) mass is 833 g/mol. The van der Waals surface area contributed by atoms with Crippen LogP contribution in [-0.2, 0) is 20.9 Å². The van der Waals surface area contributed by atoms with Crippen molar-refractivity contribution in [2.24, 2.45) is 0 Å². The molecule has 4 aromatic rings. The average molecular weight is 834 g/mol. The number of piperazine rings is 1. The summed E-state index contributed by atoms with van der Waals surface area (Å²) in [7, 11) is 0. The fraction of sp³-hybridized carbons (Fsp3) is 0.326. The zero-order chi connectivity index (χ0) is 41.9. The van der Waals surface area contributed by atoms with Crippen LogP contribution in [0.2, 0.25) is 0 Å². The molecule has 4 aliphatic heterocycles. The Morgan fingerprint density at radius 1 is 0.983 bits per heavy atom. The Morgan fingerprint density at radius 3 is 2.53 bits per heavy atom. The highest BCUT2D eigenvalue weighted by Crippen LogP contribution is 2.37. The molecule has 2 unspecified atom stereocenters. The normalized spacial score (nSPS) is 18.5. The number of imide groups is 2. The first-order valence-electron chi connectivity index (χ1n) is 19.6. The molecule has 17 heteroatoms. The first-order valence-corrected chi connectivity index (χ1v) is 20.5. The number of benzene rings is 3. The lowest BCUT2D eigenvalue weighted by atomic mass is 10.0. The predicted octanol–water partition coefficient (Wildman–Crippen LogP) is 3.55. The number of anilines is 1. The summed E-state index contributed by atoms with van der Waals surface area (Å²) in [5.74, 6) is 2.55. The van der Waals surface area contributed by atoms with Crippen molar-refractivity contribution in [3.05, 3.63) is 105 Å². The summed E-state index contributed by atoms with van der Waals surface area (Å²) in [5.41, 5.74) is 1.93. The van der Waals surface area contributed by atoms with E-state index in [1.807, 2.05) is 6.07 Å². The molecule has 5 heterocycles. The van der Waals surface area contributed by atoms with Gasteiger partial charge in [-0.25, -0.2) is 9.37 Å². The van der Waals surface area contributed by atoms with Gasteiger partial charge < -0.3 is 19.6 Å². The Kier molecular flexibility index (Phi) is 11.7. The number of nitrogens with one attached hydrogen (secondary N) is 2. The number of ether oxygens (including phenoxy) is 1. The Morgan fingerprint density at radius 2 is 1.77 bits per heavy atom. The van der Waals surface area contributed by atoms with Gasteiger partial charge in [0.05, 0.1) is 16.7 Å². The third-order valence-electron chi connectivity index (χ3n) is 11.0. The number of hydrogen-bond acceptors (Lipinski definition) is 12. The molecule has 60 heavy (non-hydrogen) atoms. The number of carbonyl (C=O) groups is 6. The van der Waals surface area contributed by atoms with E-state index in [-0.39, 0.29) is 41.8 Å². The van der Waals surface area contributed by atoms with Gasteiger partial charge in [-0.3, -0.25) is 49.2 Å². The molecule has 0 spiro atoms. The van der Waals surface area contributed by atoms with Crippen LogP contribution in [0.4, 0.5) is 9.52 Å². The minimum absolute atomic E-state index is 0.0387. The van der Waals surface area contributed by atoms with Crippen molar-refractivity contribution in [2.75, 3.05) is 51.2 Å². The summed E-state index contributed by atoms with van der Waals surface area (Å²) in [4.78, 5) is 88.6. The van der Waals surface area contributed by atoms with Gasteiger partial charge in [0, 0.05) is 74.8 Å². The van der Waals surface area contributed by atoms with Gasteiger partial charge in [-0.2, -0.15) is 0 Å². The van der Waals surface area contributed by atoms with Crippen molar-refractivity contribution in [3.63, 3.8) is 0 Å². The maximum absolute atomic E-state index is 14.4. The first-order chi connectivity index (χ1) is 29.0. The van der Waals surface area contributed by atoms with Crippen LogP contribution in [0.5, 0.6) is 11.5 Å². The third kappa shape index (κ3) is 8.35. The fourth-order valence-corrected chi connectivity index (χ4v) is 8.50. The first kappa shape index (κ1) is 40.3. The summed E-state index contributed by atoms with van der Waals surface area (Å²) in [6.45, 7) is 5.40. The number of carbonyl (C=O) groups excluding carboxylic acids is 6. The number of phenolic OH excluding ortho intramolecular Hbond substituents is 1. The van der Waals surface area contributed by atoms with Gasteiger partial charge in [0.1, 0.15) is 36.0 Å². The van der Waals surface area contributed by atoms with Crippen LogP contribution in [0.1, 0.15) is 79.5 Å². The number of aromatic hydroxyl groups is 1. The Bertz CT molecular complexity index is 2440. The van der Waals surface area contributed by atoms with Gasteiger partial charge >= 0.3 is 0 Å². The molecule has 2 atom stereocenters. The topological polar surface area (TPSA) is 182 Å². The number of rotatable bonds is 12. The molecule has 4 aliphatic rings. The number of unbranched alkanes of at least 4 members (excludes halogenated alkanes) is 1. The Balaban J connectivity index is 0.801. The minimum atomic E-state index is -1.33. The molecule has 0 aliphatic carbocycles. The predicted molar refractivity (Wildman–Crippen MR) is 215 cm³/mol. The van der Waals surface area contributed by atoms with Crippen LogP contribution in [-0.4, -0.2) is 117 Å². The maximum atomic E-state index is 14.4. The van der Waals surface area contributed by atoms with E-state index >= 15 is 0 Å². The van der Waals surface area contributed by atoms with Gasteiger partial charge in [0.2, 0.25) is 11.8 Å². The zero-order valence-corrected chi connectivity index (χ0v) is 33.1. The Labute approximate surface area is 348 Å².